The fourth-order valence-electron chi connectivity index (χ4n) is 1.75. The lowest BCUT2D eigenvalue weighted by Crippen LogP contribution is -2.45. The second-order valence-corrected chi connectivity index (χ2v) is 5.21. The number of nitrogen functional groups attached to an aromatic ring is 1. The highest BCUT2D eigenvalue weighted by molar-refractivity contribution is 5.95. The first-order chi connectivity index (χ1) is 8.40. The number of carbonyl (C=O) groups is 1. The van der Waals surface area contributed by atoms with Gasteiger partial charge in [-0.2, -0.15) is 0 Å². The molecule has 1 aromatic carbocycles. The number of nitrogens with one attached hydrogen (secondary N) is 1. The quantitative estimate of drug-likeness (QED) is 0.779. The smallest absolute Gasteiger partial charge is 0.251 e. The molecule has 1 aromatic rings. The summed E-state index contributed by atoms with van der Waals surface area (Å²) in [7, 11) is 4.00. The van der Waals surface area contributed by atoms with Gasteiger partial charge in [-0.1, -0.05) is 19.9 Å². The largest absolute Gasteiger partial charge is 0.399 e. The third kappa shape index (κ3) is 4.37. The van der Waals surface area contributed by atoms with Crippen LogP contribution in [-0.2, 0) is 0 Å². The SMILES string of the molecule is CC(C)C(CN(C)C)NC(=O)c1cccc(N)c1. The number of likely N-dealkylation sites (N-methyl/N-ethyl adjacent to an activating group) is 1. The first-order valence-electron chi connectivity index (χ1n) is 6.21. The van der Waals surface area contributed by atoms with Crippen molar-refractivity contribution >= 4 is 11.6 Å². The van der Waals surface area contributed by atoms with E-state index in [1.54, 1.807) is 24.3 Å². The van der Waals surface area contributed by atoms with E-state index in [2.05, 4.69) is 24.1 Å². The molecule has 1 amide bonds. The third-order valence-corrected chi connectivity index (χ3v) is 2.83. The van der Waals surface area contributed by atoms with Gasteiger partial charge < -0.3 is 16.0 Å². The molecule has 1 unspecified atom stereocenters. The Bertz CT molecular complexity index is 402. The van der Waals surface area contributed by atoms with Gasteiger partial charge in [-0.25, -0.2) is 0 Å². The summed E-state index contributed by atoms with van der Waals surface area (Å²) in [4.78, 5) is 14.2. The number of anilines is 1. The number of nitrogens with two attached hydrogens (primary N) is 1. The van der Waals surface area contributed by atoms with Gasteiger partial charge in [0.25, 0.3) is 5.91 Å². The number of nitrogens with zero attached hydrogens (tertiary/aromatic N) is 1. The van der Waals surface area contributed by atoms with Crippen molar-refractivity contribution in [2.24, 2.45) is 5.92 Å². The van der Waals surface area contributed by atoms with Crippen molar-refractivity contribution in [3.05, 3.63) is 29.8 Å². The zero-order valence-electron chi connectivity index (χ0n) is 11.6. The van der Waals surface area contributed by atoms with E-state index in [1.165, 1.54) is 0 Å². The predicted octanol–water partition coefficient (Wildman–Crippen LogP) is 1.58. The van der Waals surface area contributed by atoms with Gasteiger partial charge in [-0.15, -0.1) is 0 Å². The van der Waals surface area contributed by atoms with Gasteiger partial charge >= 0.3 is 0 Å². The van der Waals surface area contributed by atoms with Gasteiger partial charge in [0.1, 0.15) is 0 Å². The van der Waals surface area contributed by atoms with E-state index >= 15 is 0 Å². The van der Waals surface area contributed by atoms with E-state index in [1.807, 2.05) is 14.1 Å². The van der Waals surface area contributed by atoms with Gasteiger partial charge in [-0.05, 0) is 38.2 Å². The van der Waals surface area contributed by atoms with Crippen LogP contribution in [0.5, 0.6) is 0 Å². The van der Waals surface area contributed by atoms with Crippen molar-refractivity contribution < 1.29 is 4.79 Å². The monoisotopic (exact) mass is 249 g/mol. The molecule has 0 spiro atoms. The molecule has 0 saturated heterocycles. The zero-order chi connectivity index (χ0) is 13.7. The van der Waals surface area contributed by atoms with Gasteiger partial charge in [0.15, 0.2) is 0 Å². The van der Waals surface area contributed by atoms with Crippen LogP contribution in [0.2, 0.25) is 0 Å². The standard InChI is InChI=1S/C14H23N3O/c1-10(2)13(9-17(3)4)16-14(18)11-6-5-7-12(15)8-11/h5-8,10,13H,9,15H2,1-4H3,(H,16,18). The molecule has 0 aliphatic heterocycles. The van der Waals surface area contributed by atoms with E-state index in [0.717, 1.165) is 6.54 Å². The topological polar surface area (TPSA) is 58.4 Å². The maximum absolute atomic E-state index is 12.1. The Morgan fingerprint density at radius 2 is 2.06 bits per heavy atom. The Balaban J connectivity index is 2.72. The molecule has 3 N–H and O–H groups in total. The van der Waals surface area contributed by atoms with Crippen molar-refractivity contribution in [1.29, 1.82) is 0 Å². The van der Waals surface area contributed by atoms with Crippen LogP contribution in [0.1, 0.15) is 24.2 Å². The van der Waals surface area contributed by atoms with Crippen LogP contribution in [0, 0.1) is 5.92 Å². The minimum Gasteiger partial charge on any atom is -0.399 e. The Kier molecular flexibility index (Phi) is 5.16. The average Bonchev–Trinajstić information content (AvgIpc) is 2.27. The molecular formula is C14H23N3O. The second kappa shape index (κ2) is 6.40. The molecule has 100 valence electrons. The van der Waals surface area contributed by atoms with Crippen molar-refractivity contribution in [3.63, 3.8) is 0 Å². The molecule has 0 radical (unpaired) electrons. The maximum atomic E-state index is 12.1. The first kappa shape index (κ1) is 14.5. The van der Waals surface area contributed by atoms with E-state index in [-0.39, 0.29) is 11.9 Å². The molecule has 0 saturated carbocycles. The highest BCUT2D eigenvalue weighted by Crippen LogP contribution is 2.09. The summed E-state index contributed by atoms with van der Waals surface area (Å²) in [5, 5.41) is 3.06. The van der Waals surface area contributed by atoms with Crippen LogP contribution < -0.4 is 11.1 Å². The van der Waals surface area contributed by atoms with Crippen molar-refractivity contribution in [2.45, 2.75) is 19.9 Å². The van der Waals surface area contributed by atoms with E-state index in [4.69, 9.17) is 5.73 Å². The van der Waals surface area contributed by atoms with Crippen LogP contribution in [0.4, 0.5) is 5.69 Å². The fourth-order valence-corrected chi connectivity index (χ4v) is 1.75. The molecule has 0 bridgehead atoms. The van der Waals surface area contributed by atoms with Gasteiger partial charge in [0, 0.05) is 23.8 Å². The normalized spacial score (nSPS) is 12.8. The third-order valence-electron chi connectivity index (χ3n) is 2.83. The van der Waals surface area contributed by atoms with Gasteiger partial charge in [-0.3, -0.25) is 4.79 Å². The molecule has 18 heavy (non-hydrogen) atoms. The minimum absolute atomic E-state index is 0.0668. The Hall–Kier alpha value is -1.55. The second-order valence-electron chi connectivity index (χ2n) is 5.21. The molecule has 0 aliphatic rings. The average molecular weight is 249 g/mol. The number of hydrogen-bond donors (Lipinski definition) is 2. The molecule has 1 rings (SSSR count). The predicted molar refractivity (Wildman–Crippen MR) is 75.5 cm³/mol. The highest BCUT2D eigenvalue weighted by atomic mass is 16.1. The molecule has 0 fully saturated rings. The Morgan fingerprint density at radius 3 is 2.56 bits per heavy atom. The molecule has 4 nitrogen and oxygen atoms in total. The van der Waals surface area contributed by atoms with E-state index in [0.29, 0.717) is 17.2 Å². The fraction of sp³-hybridized carbons (Fsp3) is 0.500. The highest BCUT2D eigenvalue weighted by Gasteiger charge is 2.17. The lowest BCUT2D eigenvalue weighted by molar-refractivity contribution is 0.0916. The number of amides is 1. The lowest BCUT2D eigenvalue weighted by Gasteiger charge is -2.25. The van der Waals surface area contributed by atoms with Crippen LogP contribution in [-0.4, -0.2) is 37.5 Å². The Labute approximate surface area is 109 Å². The van der Waals surface area contributed by atoms with E-state index in [9.17, 15) is 4.79 Å². The summed E-state index contributed by atoms with van der Waals surface area (Å²) in [6.45, 7) is 5.04. The molecule has 4 heteroatoms. The number of hydrogen-bond acceptors (Lipinski definition) is 3. The van der Waals surface area contributed by atoms with Gasteiger partial charge in [0.05, 0.1) is 0 Å². The molecule has 0 heterocycles. The van der Waals surface area contributed by atoms with Crippen LogP contribution in [0.15, 0.2) is 24.3 Å². The summed E-state index contributed by atoms with van der Waals surface area (Å²) in [6.07, 6.45) is 0. The molecular weight excluding hydrogens is 226 g/mol. The van der Waals surface area contributed by atoms with E-state index < -0.39 is 0 Å². The molecule has 1 atom stereocenters. The minimum atomic E-state index is -0.0668. The number of rotatable bonds is 5. The first-order valence-corrected chi connectivity index (χ1v) is 6.21. The summed E-state index contributed by atoms with van der Waals surface area (Å²) < 4.78 is 0. The molecule has 0 aromatic heterocycles. The summed E-state index contributed by atoms with van der Waals surface area (Å²) in [6, 6.07) is 7.17. The molecule has 0 aliphatic carbocycles. The summed E-state index contributed by atoms with van der Waals surface area (Å²) in [5.74, 6) is 0.320. The lowest BCUT2D eigenvalue weighted by atomic mass is 10.0. The maximum Gasteiger partial charge on any atom is 0.251 e. The van der Waals surface area contributed by atoms with Crippen molar-refractivity contribution in [1.82, 2.24) is 10.2 Å². The summed E-state index contributed by atoms with van der Waals surface area (Å²) >= 11 is 0. The zero-order valence-corrected chi connectivity index (χ0v) is 11.6. The van der Waals surface area contributed by atoms with Crippen LogP contribution in [0.25, 0.3) is 0 Å². The van der Waals surface area contributed by atoms with Crippen LogP contribution in [0.3, 0.4) is 0 Å². The number of benzene rings is 1. The van der Waals surface area contributed by atoms with Crippen molar-refractivity contribution in [2.75, 3.05) is 26.4 Å². The van der Waals surface area contributed by atoms with Crippen molar-refractivity contribution in [3.8, 4) is 0 Å². The number of carbonyl (C=O) groups excluding carboxylic acids is 1. The Morgan fingerprint density at radius 1 is 1.39 bits per heavy atom. The van der Waals surface area contributed by atoms with Gasteiger partial charge in [0.2, 0.25) is 0 Å². The van der Waals surface area contributed by atoms with Crippen LogP contribution >= 0.6 is 0 Å². The summed E-state index contributed by atoms with van der Waals surface area (Å²) in [5.41, 5.74) is 6.90.